The third-order valence-corrected chi connectivity index (χ3v) is 8.78. The number of aromatic nitrogens is 1. The van der Waals surface area contributed by atoms with Crippen LogP contribution in [0.3, 0.4) is 0 Å². The molecule has 10 nitrogen and oxygen atoms in total. The van der Waals surface area contributed by atoms with Crippen molar-refractivity contribution >= 4 is 34.5 Å². The van der Waals surface area contributed by atoms with Crippen molar-refractivity contribution in [2.45, 2.75) is 18.9 Å². The Morgan fingerprint density at radius 3 is 2.51 bits per heavy atom. The maximum Gasteiger partial charge on any atom is 0.318 e. The molecule has 0 fully saturated rings. The number of allylic oxidation sites excluding steroid dienone is 1. The Kier molecular flexibility index (Phi) is 6.90. The highest BCUT2D eigenvalue weighted by molar-refractivity contribution is 7.07. The zero-order chi connectivity index (χ0) is 31.2. The van der Waals surface area contributed by atoms with E-state index in [1.54, 1.807) is 47.0 Å². The molecule has 0 unspecified atom stereocenters. The van der Waals surface area contributed by atoms with Gasteiger partial charge in [0.15, 0.2) is 4.80 Å². The first-order valence-corrected chi connectivity index (χ1v) is 14.7. The number of ether oxygens (including phenoxy) is 1. The average Bonchev–Trinajstić information content (AvgIpc) is 3.34. The van der Waals surface area contributed by atoms with Crippen LogP contribution in [0.2, 0.25) is 0 Å². The number of non-ortho nitro benzene ring substituents is 1. The summed E-state index contributed by atoms with van der Waals surface area (Å²) in [6, 6.07) is 23.6. The molecule has 1 atom stereocenters. The highest BCUT2D eigenvalue weighted by Gasteiger charge is 2.32. The van der Waals surface area contributed by atoms with Crippen molar-refractivity contribution in [3.8, 4) is 11.5 Å². The second kappa shape index (κ2) is 11.1. The van der Waals surface area contributed by atoms with Crippen LogP contribution in [-0.2, 0) is 6.42 Å². The molecule has 1 aromatic heterocycles. The van der Waals surface area contributed by atoms with Crippen LogP contribution in [0, 0.1) is 26.0 Å². The Bertz CT molecular complexity index is 2260. The number of hydrogen-bond acceptors (Lipinski definition) is 8. The summed E-state index contributed by atoms with van der Waals surface area (Å²) in [6.07, 6.45) is 3.20. The number of nitro groups is 2. The molecule has 0 saturated carbocycles. The van der Waals surface area contributed by atoms with Crippen LogP contribution < -0.4 is 19.6 Å². The van der Waals surface area contributed by atoms with E-state index in [1.807, 2.05) is 18.2 Å². The molecule has 1 aliphatic carbocycles. The van der Waals surface area contributed by atoms with Crippen LogP contribution in [0.25, 0.3) is 11.8 Å². The van der Waals surface area contributed by atoms with Gasteiger partial charge in [0, 0.05) is 11.6 Å². The van der Waals surface area contributed by atoms with E-state index in [-0.39, 0.29) is 22.9 Å². The van der Waals surface area contributed by atoms with Gasteiger partial charge in [0.2, 0.25) is 5.75 Å². The molecule has 2 heterocycles. The summed E-state index contributed by atoms with van der Waals surface area (Å²) >= 11 is 1.24. The van der Waals surface area contributed by atoms with Crippen molar-refractivity contribution in [3.63, 3.8) is 0 Å². The van der Waals surface area contributed by atoms with Crippen LogP contribution in [0.5, 0.6) is 11.5 Å². The van der Waals surface area contributed by atoms with E-state index < -0.39 is 27.3 Å². The summed E-state index contributed by atoms with van der Waals surface area (Å²) in [5, 5.41) is 22.7. The number of nitro benzene ring substituents is 2. The lowest BCUT2D eigenvalue weighted by molar-refractivity contribution is -0.394. The van der Waals surface area contributed by atoms with Gasteiger partial charge in [-0.3, -0.25) is 29.6 Å². The summed E-state index contributed by atoms with van der Waals surface area (Å²) in [4.78, 5) is 40.7. The predicted octanol–water partition coefficient (Wildman–Crippen LogP) is 6.07. The number of benzene rings is 4. The van der Waals surface area contributed by atoms with Gasteiger partial charge in [0.25, 0.3) is 11.2 Å². The first-order chi connectivity index (χ1) is 21.8. The summed E-state index contributed by atoms with van der Waals surface area (Å²) in [5.74, 6) is -0.285. The lowest BCUT2D eigenvalue weighted by Crippen LogP contribution is -2.38. The minimum absolute atomic E-state index is 0.160. The second-order valence-corrected chi connectivity index (χ2v) is 11.5. The van der Waals surface area contributed by atoms with E-state index in [0.29, 0.717) is 21.3 Å². The fourth-order valence-electron chi connectivity index (χ4n) is 5.76. The monoisotopic (exact) mass is 620 g/mol. The minimum atomic E-state index is -0.748. The first-order valence-electron chi connectivity index (χ1n) is 13.9. The molecular formula is C33H21FN4O6S. The molecule has 2 aliphatic rings. The Labute approximate surface area is 257 Å². The van der Waals surface area contributed by atoms with Gasteiger partial charge in [-0.25, -0.2) is 9.38 Å². The van der Waals surface area contributed by atoms with Crippen LogP contribution in [0.15, 0.2) is 106 Å². The first kappa shape index (κ1) is 28.0. The standard InChI is InChI=1S/C33H21FN4O6S/c34-22-11-8-21(9-12-22)31-26-14-10-20-5-1-2-7-25(20)30(26)35-33-36(31)32(39)29(45-33)17-19-4-3-6-24(16-19)44-28-15-13-23(37(40)41)18-27(28)38(42)43/h1-9,11-13,15-18,31H,10,14H2/b29-17+/t31-/m0/s1. The third kappa shape index (κ3) is 5.10. The molecular weight excluding hydrogens is 599 g/mol. The molecule has 4 aromatic carbocycles. The maximum absolute atomic E-state index is 14.0. The zero-order valence-electron chi connectivity index (χ0n) is 23.3. The van der Waals surface area contributed by atoms with Crippen molar-refractivity contribution in [2.75, 3.05) is 0 Å². The van der Waals surface area contributed by atoms with Crippen LogP contribution in [-0.4, -0.2) is 14.4 Å². The molecule has 45 heavy (non-hydrogen) atoms. The lowest BCUT2D eigenvalue weighted by Gasteiger charge is -2.30. The Morgan fingerprint density at radius 1 is 0.933 bits per heavy atom. The number of rotatable bonds is 6. The molecule has 5 aromatic rings. The number of fused-ring (bicyclic) bond motifs is 3. The largest absolute Gasteiger partial charge is 0.450 e. The number of thiazole rings is 1. The Morgan fingerprint density at radius 2 is 1.73 bits per heavy atom. The maximum atomic E-state index is 14.0. The van der Waals surface area contributed by atoms with E-state index in [9.17, 15) is 29.4 Å². The zero-order valence-corrected chi connectivity index (χ0v) is 24.1. The number of hydrogen-bond donors (Lipinski definition) is 0. The van der Waals surface area contributed by atoms with Gasteiger partial charge < -0.3 is 4.74 Å². The molecule has 0 saturated heterocycles. The van der Waals surface area contributed by atoms with Crippen molar-refractivity contribution in [1.82, 2.24) is 4.57 Å². The van der Waals surface area contributed by atoms with Crippen LogP contribution >= 0.6 is 11.3 Å². The van der Waals surface area contributed by atoms with Gasteiger partial charge in [0.05, 0.1) is 32.2 Å². The average molecular weight is 621 g/mol. The van der Waals surface area contributed by atoms with Gasteiger partial charge in [-0.2, -0.15) is 0 Å². The Balaban J connectivity index is 1.32. The molecule has 0 amide bonds. The highest BCUT2D eigenvalue weighted by atomic mass is 32.1. The fourth-order valence-corrected chi connectivity index (χ4v) is 6.76. The molecule has 12 heteroatoms. The molecule has 0 N–H and O–H groups in total. The molecule has 0 bridgehead atoms. The molecule has 0 spiro atoms. The summed E-state index contributed by atoms with van der Waals surface area (Å²) in [7, 11) is 0. The van der Waals surface area contributed by atoms with E-state index in [0.717, 1.165) is 41.0 Å². The second-order valence-electron chi connectivity index (χ2n) is 10.5. The lowest BCUT2D eigenvalue weighted by atomic mass is 9.83. The molecule has 222 valence electrons. The minimum Gasteiger partial charge on any atom is -0.450 e. The van der Waals surface area contributed by atoms with E-state index in [4.69, 9.17) is 9.73 Å². The quantitative estimate of drug-likeness (QED) is 0.167. The SMILES string of the molecule is O=c1/c(=C\c2cccc(Oc3ccc([N+](=O)[O-])cc3[N+](=O)[O-])c2)sc2n1[C@@H](c1ccc(F)cc1)C1=C(N=2)c2ccccc2CC1. The van der Waals surface area contributed by atoms with Gasteiger partial charge >= 0.3 is 5.69 Å². The van der Waals surface area contributed by atoms with Crippen molar-refractivity contribution in [3.05, 3.63) is 165 Å². The van der Waals surface area contributed by atoms with E-state index in [2.05, 4.69) is 6.07 Å². The van der Waals surface area contributed by atoms with Gasteiger partial charge in [-0.05, 0) is 71.5 Å². The fraction of sp³-hybridized carbons (Fsp3) is 0.0909. The van der Waals surface area contributed by atoms with Crippen molar-refractivity contribution in [1.29, 1.82) is 0 Å². The third-order valence-electron chi connectivity index (χ3n) is 7.79. The summed E-state index contributed by atoms with van der Waals surface area (Å²) < 4.78 is 21.7. The summed E-state index contributed by atoms with van der Waals surface area (Å²) in [5.41, 5.74) is 4.18. The predicted molar refractivity (Wildman–Crippen MR) is 165 cm³/mol. The molecule has 0 radical (unpaired) electrons. The molecule has 1 aliphatic heterocycles. The number of aryl methyl sites for hydroxylation is 1. The van der Waals surface area contributed by atoms with Gasteiger partial charge in [-0.1, -0.05) is 59.9 Å². The van der Waals surface area contributed by atoms with Gasteiger partial charge in [-0.15, -0.1) is 0 Å². The summed E-state index contributed by atoms with van der Waals surface area (Å²) in [6.45, 7) is 0. The topological polar surface area (TPSA) is 130 Å². The number of nitrogens with zero attached hydrogens (tertiary/aromatic N) is 4. The molecule has 7 rings (SSSR count). The van der Waals surface area contributed by atoms with Crippen LogP contribution in [0.4, 0.5) is 15.8 Å². The smallest absolute Gasteiger partial charge is 0.318 e. The van der Waals surface area contributed by atoms with E-state index in [1.165, 1.54) is 35.1 Å². The van der Waals surface area contributed by atoms with Crippen molar-refractivity contribution in [2.24, 2.45) is 4.99 Å². The normalized spacial score (nSPS) is 15.5. The van der Waals surface area contributed by atoms with Crippen LogP contribution in [0.1, 0.15) is 34.7 Å². The van der Waals surface area contributed by atoms with Gasteiger partial charge in [0.1, 0.15) is 11.6 Å². The number of halogens is 1. The Hall–Kier alpha value is -5.75. The highest BCUT2D eigenvalue weighted by Crippen LogP contribution is 2.41. The van der Waals surface area contributed by atoms with E-state index >= 15 is 0 Å². The van der Waals surface area contributed by atoms with Crippen molar-refractivity contribution < 1.29 is 19.0 Å².